The predicted molar refractivity (Wildman–Crippen MR) is 102 cm³/mol. The molecule has 2 aliphatic heterocycles. The molecule has 2 heterocycles. The van der Waals surface area contributed by atoms with Crippen molar-refractivity contribution in [1.29, 1.82) is 0 Å². The number of nitrogens with one attached hydrogen (secondary N) is 1. The van der Waals surface area contributed by atoms with Crippen molar-refractivity contribution in [1.82, 2.24) is 5.32 Å². The van der Waals surface area contributed by atoms with Gasteiger partial charge >= 0.3 is 0 Å². The van der Waals surface area contributed by atoms with Gasteiger partial charge in [0.2, 0.25) is 33.0 Å². The van der Waals surface area contributed by atoms with Crippen molar-refractivity contribution in [3.63, 3.8) is 0 Å². The van der Waals surface area contributed by atoms with E-state index in [1.165, 1.54) is 6.92 Å². The Bertz CT molecular complexity index is 919. The van der Waals surface area contributed by atoms with Gasteiger partial charge in [-0.15, -0.1) is 0 Å². The molecule has 192 valence electrons. The van der Waals surface area contributed by atoms with Crippen LogP contribution in [-0.2, 0) is 48.2 Å². The van der Waals surface area contributed by atoms with Crippen molar-refractivity contribution in [3.05, 3.63) is 12.3 Å². The fourth-order valence-electron chi connectivity index (χ4n) is 3.46. The van der Waals surface area contributed by atoms with Crippen molar-refractivity contribution < 1.29 is 63.5 Å². The molecule has 0 radical (unpaired) electrons. The van der Waals surface area contributed by atoms with Crippen molar-refractivity contribution in [3.8, 4) is 0 Å². The molecule has 15 nitrogen and oxygen atoms in total. The van der Waals surface area contributed by atoms with Crippen LogP contribution in [0.3, 0.4) is 0 Å². The molecule has 0 aliphatic carbocycles. The highest BCUT2D eigenvalue weighted by atomic mass is 32.3. The van der Waals surface area contributed by atoms with E-state index in [2.05, 4.69) is 13.7 Å². The van der Waals surface area contributed by atoms with Gasteiger partial charge in [0.25, 0.3) is 0 Å². The summed E-state index contributed by atoms with van der Waals surface area (Å²) in [6, 6.07) is -1.10. The number of carbonyl (C=O) groups is 1. The number of amides is 1. The fourth-order valence-corrected chi connectivity index (χ4v) is 4.24. The summed E-state index contributed by atoms with van der Waals surface area (Å²) in [5.74, 6) is -0.879. The van der Waals surface area contributed by atoms with Crippen LogP contribution in [0.2, 0.25) is 0 Å². The van der Waals surface area contributed by atoms with Gasteiger partial charge in [-0.2, -0.15) is 0 Å². The topological polar surface area (TPSA) is 230 Å². The third-order valence-corrected chi connectivity index (χ3v) is 5.66. The van der Waals surface area contributed by atoms with E-state index >= 15 is 0 Å². The van der Waals surface area contributed by atoms with E-state index in [1.54, 1.807) is 13.8 Å². The molecule has 3 N–H and O–H groups in total. The first kappa shape index (κ1) is 27.8. The second kappa shape index (κ2) is 10.9. The smallest absolute Gasteiger partial charge is 0.230 e. The van der Waals surface area contributed by atoms with Gasteiger partial charge in [0.05, 0.1) is 25.0 Å². The van der Waals surface area contributed by atoms with Crippen molar-refractivity contribution in [2.75, 3.05) is 6.61 Å². The number of carbonyl (C=O) groups excluding carboxylic acids is 1. The van der Waals surface area contributed by atoms with Gasteiger partial charge in [-0.25, -0.2) is 16.8 Å². The predicted octanol–water partition coefficient (Wildman–Crippen LogP) is -2.79. The number of hydrogen-bond donors (Lipinski definition) is 3. The number of aliphatic hydroxyl groups is 2. The van der Waals surface area contributed by atoms with Crippen LogP contribution < -0.4 is 5.32 Å². The molecule has 0 aromatic carbocycles. The number of ether oxygens (including phenoxy) is 3. The summed E-state index contributed by atoms with van der Waals surface area (Å²) in [6.07, 6.45) is -9.09. The molecule has 2 rings (SSSR count). The molecular weight excluding hydrogens is 494 g/mol. The van der Waals surface area contributed by atoms with Crippen LogP contribution in [0.25, 0.3) is 0 Å². The van der Waals surface area contributed by atoms with Crippen LogP contribution in [0, 0.1) is 5.92 Å². The summed E-state index contributed by atoms with van der Waals surface area (Å²) in [7, 11) is -10.5. The van der Waals surface area contributed by atoms with Gasteiger partial charge < -0.3 is 38.8 Å². The van der Waals surface area contributed by atoms with Gasteiger partial charge in [0.1, 0.15) is 24.4 Å². The maximum atomic E-state index is 11.7. The second-order valence-corrected chi connectivity index (χ2v) is 9.75. The normalized spacial score (nSPS) is 35.3. The Balaban J connectivity index is 2.37. The molecule has 33 heavy (non-hydrogen) atoms. The van der Waals surface area contributed by atoms with E-state index in [0.717, 1.165) is 12.3 Å². The highest BCUT2D eigenvalue weighted by molar-refractivity contribution is 7.81. The monoisotopic (exact) mass is 519 g/mol. The molecule has 1 fully saturated rings. The Hall–Kier alpha value is -1.41. The quantitative estimate of drug-likeness (QED) is 0.207. The Morgan fingerprint density at radius 2 is 1.79 bits per heavy atom. The lowest BCUT2D eigenvalue weighted by Gasteiger charge is -2.47. The van der Waals surface area contributed by atoms with Crippen molar-refractivity contribution >= 4 is 26.7 Å². The maximum Gasteiger partial charge on any atom is 0.230 e. The third kappa shape index (κ3) is 8.09. The molecule has 0 aromatic heterocycles. The summed E-state index contributed by atoms with van der Waals surface area (Å²) in [6.45, 7) is 3.63. The molecular formula is C16H25NO14S2-2. The van der Waals surface area contributed by atoms with Gasteiger partial charge in [0, 0.05) is 6.92 Å². The van der Waals surface area contributed by atoms with Crippen LogP contribution in [0.1, 0.15) is 20.8 Å². The third-order valence-electron chi connectivity index (χ3n) is 4.77. The lowest BCUT2D eigenvalue weighted by atomic mass is 9.87. The van der Waals surface area contributed by atoms with E-state index in [9.17, 15) is 40.9 Å². The first-order chi connectivity index (χ1) is 15.1. The van der Waals surface area contributed by atoms with Crippen LogP contribution in [-0.4, -0.2) is 97.6 Å². The molecule has 1 saturated heterocycles. The summed E-state index contributed by atoms with van der Waals surface area (Å²) >= 11 is 0. The van der Waals surface area contributed by atoms with Crippen LogP contribution in [0.5, 0.6) is 0 Å². The number of aliphatic hydroxyl groups excluding tert-OH is 2. The molecule has 0 spiro atoms. The zero-order valence-corrected chi connectivity index (χ0v) is 19.3. The highest BCUT2D eigenvalue weighted by Gasteiger charge is 2.50. The van der Waals surface area contributed by atoms with E-state index in [-0.39, 0.29) is 5.92 Å². The van der Waals surface area contributed by atoms with Crippen LogP contribution in [0.15, 0.2) is 12.3 Å². The van der Waals surface area contributed by atoms with Crippen molar-refractivity contribution in [2.24, 2.45) is 5.92 Å². The number of rotatable bonds is 9. The molecule has 0 aromatic rings. The van der Waals surface area contributed by atoms with E-state index in [4.69, 9.17) is 14.2 Å². The van der Waals surface area contributed by atoms with E-state index in [0.29, 0.717) is 0 Å². The molecule has 17 heteroatoms. The largest absolute Gasteiger partial charge is 0.726 e. The highest BCUT2D eigenvalue weighted by Crippen LogP contribution is 2.31. The average molecular weight is 520 g/mol. The van der Waals surface area contributed by atoms with E-state index in [1.807, 2.05) is 0 Å². The second-order valence-electron chi connectivity index (χ2n) is 7.69. The average Bonchev–Trinajstić information content (AvgIpc) is 2.64. The van der Waals surface area contributed by atoms with Gasteiger partial charge in [-0.3, -0.25) is 13.2 Å². The summed E-state index contributed by atoms with van der Waals surface area (Å²) in [5, 5.41) is 23.4. The summed E-state index contributed by atoms with van der Waals surface area (Å²) in [4.78, 5) is 11.7. The molecule has 0 bridgehead atoms. The SMILES string of the molecule is CC(=O)NC1[C@H](C(C)C)OC(COS(=O)(=O)[O-])[C@@H](O[C@@H]2OC=C[C@H](O)C2OS(=O)(=O)[O-])[C@@H]1O. The minimum atomic E-state index is -5.33. The lowest BCUT2D eigenvalue weighted by Crippen LogP contribution is -2.67. The molecule has 3 unspecified atom stereocenters. The lowest BCUT2D eigenvalue weighted by molar-refractivity contribution is -0.279. The zero-order chi connectivity index (χ0) is 25.1. The Labute approximate surface area is 190 Å². The minimum Gasteiger partial charge on any atom is -0.726 e. The Morgan fingerprint density at radius 1 is 1.15 bits per heavy atom. The standard InChI is InChI=1S/C16H27NO14S2/c1-7(2)13-11(17-8(3)18)12(20)15(10(29-13)6-28-32(21,22)23)30-16-14(31-33(24,25)26)9(19)4-5-27-16/h4-5,7,9-16,19-20H,6H2,1-3H3,(H,17,18)(H,21,22,23)(H,24,25,26)/p-2/t9-,10?,11?,12+,13-,14?,15+,16-/m0/s1. The van der Waals surface area contributed by atoms with Gasteiger partial charge in [-0.1, -0.05) is 13.8 Å². The molecule has 8 atom stereocenters. The summed E-state index contributed by atoms with van der Waals surface area (Å²) in [5.41, 5.74) is 0. The molecule has 0 saturated carbocycles. The zero-order valence-electron chi connectivity index (χ0n) is 17.7. The molecule has 2 aliphatic rings. The Kier molecular flexibility index (Phi) is 9.19. The fraction of sp³-hybridized carbons (Fsp3) is 0.812. The van der Waals surface area contributed by atoms with Crippen LogP contribution in [0.4, 0.5) is 0 Å². The van der Waals surface area contributed by atoms with Gasteiger partial charge in [-0.05, 0) is 12.0 Å². The first-order valence-electron chi connectivity index (χ1n) is 9.59. The number of hydrogen-bond acceptors (Lipinski definition) is 14. The summed E-state index contributed by atoms with van der Waals surface area (Å²) < 4.78 is 90.9. The van der Waals surface area contributed by atoms with Crippen LogP contribution >= 0.6 is 0 Å². The minimum absolute atomic E-state index is 0.332. The Morgan fingerprint density at radius 3 is 2.30 bits per heavy atom. The molecule has 1 amide bonds. The van der Waals surface area contributed by atoms with Gasteiger partial charge in [0.15, 0.2) is 6.10 Å². The maximum absolute atomic E-state index is 11.7. The van der Waals surface area contributed by atoms with E-state index < -0.39 is 82.3 Å². The van der Waals surface area contributed by atoms with Crippen molar-refractivity contribution in [2.45, 2.75) is 69.7 Å². The first-order valence-corrected chi connectivity index (χ1v) is 12.3.